The lowest BCUT2D eigenvalue weighted by Crippen LogP contribution is -2.65. The largest absolute Gasteiger partial charge is 0.340 e. The fourth-order valence-electron chi connectivity index (χ4n) is 2.49. The normalized spacial score (nSPS) is 25.3. The maximum atomic E-state index is 12.6. The number of piperazine rings is 1. The van der Waals surface area contributed by atoms with Crippen LogP contribution in [0.1, 0.15) is 44.5 Å². The molecule has 1 N–H and O–H groups in total. The minimum Gasteiger partial charge on any atom is -0.340 e. The van der Waals surface area contributed by atoms with Crippen LogP contribution >= 0.6 is 11.3 Å². The highest BCUT2D eigenvalue weighted by Gasteiger charge is 2.43. The summed E-state index contributed by atoms with van der Waals surface area (Å²) in [5.41, 5.74) is -0.764. The smallest absolute Gasteiger partial charge is 0.249 e. The van der Waals surface area contributed by atoms with E-state index in [-0.39, 0.29) is 24.4 Å². The number of amides is 2. The third kappa shape index (κ3) is 2.52. The van der Waals surface area contributed by atoms with Gasteiger partial charge in [-0.3, -0.25) is 9.59 Å². The number of hydrogen-bond acceptors (Lipinski definition) is 3. The molecular formula is C14H20N2O2S. The molecular weight excluding hydrogens is 260 g/mol. The monoisotopic (exact) mass is 280 g/mol. The molecule has 1 aliphatic heterocycles. The first-order valence-electron chi connectivity index (χ1n) is 6.67. The van der Waals surface area contributed by atoms with Crippen LogP contribution in [0.3, 0.4) is 0 Å². The molecule has 0 bridgehead atoms. The summed E-state index contributed by atoms with van der Waals surface area (Å²) in [5.74, 6) is -0.0474. The number of nitrogens with one attached hydrogen (secondary N) is 1. The summed E-state index contributed by atoms with van der Waals surface area (Å²) in [6, 6.07) is 4.02. The lowest BCUT2D eigenvalue weighted by molar-refractivity contribution is -0.152. The van der Waals surface area contributed by atoms with Crippen LogP contribution in [0.4, 0.5) is 0 Å². The molecule has 1 saturated heterocycles. The molecule has 19 heavy (non-hydrogen) atoms. The molecule has 1 aromatic rings. The summed E-state index contributed by atoms with van der Waals surface area (Å²) in [6.45, 7) is 5.94. The Bertz CT molecular complexity index is 472. The van der Waals surface area contributed by atoms with Gasteiger partial charge in [-0.15, -0.1) is 11.3 Å². The van der Waals surface area contributed by atoms with Gasteiger partial charge in [-0.05, 0) is 31.2 Å². The molecule has 4 nitrogen and oxygen atoms in total. The molecule has 2 heterocycles. The quantitative estimate of drug-likeness (QED) is 0.920. The van der Waals surface area contributed by atoms with Crippen LogP contribution in [0.15, 0.2) is 17.5 Å². The topological polar surface area (TPSA) is 49.4 Å². The molecule has 1 fully saturated rings. The van der Waals surface area contributed by atoms with Crippen molar-refractivity contribution in [3.05, 3.63) is 22.4 Å². The first kappa shape index (κ1) is 14.1. The Morgan fingerprint density at radius 3 is 2.74 bits per heavy atom. The van der Waals surface area contributed by atoms with E-state index in [0.717, 1.165) is 11.3 Å². The Hall–Kier alpha value is -1.36. The van der Waals surface area contributed by atoms with E-state index in [1.807, 2.05) is 31.4 Å². The second kappa shape index (κ2) is 5.33. The first-order chi connectivity index (χ1) is 9.01. The SMILES string of the molecule is CCC(c1cccs1)N1CC(=O)NC(C)(CC)C1=O. The van der Waals surface area contributed by atoms with Gasteiger partial charge in [0.15, 0.2) is 0 Å². The van der Waals surface area contributed by atoms with Gasteiger partial charge in [-0.25, -0.2) is 0 Å². The summed E-state index contributed by atoms with van der Waals surface area (Å²) in [7, 11) is 0. The lowest BCUT2D eigenvalue weighted by atomic mass is 9.92. The number of thiophene rings is 1. The molecule has 0 aliphatic carbocycles. The Morgan fingerprint density at radius 2 is 2.21 bits per heavy atom. The van der Waals surface area contributed by atoms with Gasteiger partial charge in [0, 0.05) is 4.88 Å². The molecule has 5 heteroatoms. The lowest BCUT2D eigenvalue weighted by Gasteiger charge is -2.42. The fraction of sp³-hybridized carbons (Fsp3) is 0.571. The van der Waals surface area contributed by atoms with E-state index in [2.05, 4.69) is 5.32 Å². The van der Waals surface area contributed by atoms with Crippen LogP contribution < -0.4 is 5.32 Å². The Balaban J connectivity index is 2.31. The minimum atomic E-state index is -0.764. The van der Waals surface area contributed by atoms with E-state index in [0.29, 0.717) is 6.42 Å². The molecule has 1 aromatic heterocycles. The van der Waals surface area contributed by atoms with Gasteiger partial charge in [-0.1, -0.05) is 19.9 Å². The van der Waals surface area contributed by atoms with Crippen LogP contribution in [0.25, 0.3) is 0 Å². The van der Waals surface area contributed by atoms with E-state index in [1.165, 1.54) is 0 Å². The molecule has 0 saturated carbocycles. The average Bonchev–Trinajstić information content (AvgIpc) is 2.90. The van der Waals surface area contributed by atoms with Gasteiger partial charge < -0.3 is 10.2 Å². The standard InChI is InChI=1S/C14H20N2O2S/c1-4-10(11-7-6-8-19-11)16-9-12(17)15-14(3,5-2)13(16)18/h6-8,10H,4-5,9H2,1-3H3,(H,15,17). The molecule has 2 rings (SSSR count). The molecule has 2 amide bonds. The third-order valence-electron chi connectivity index (χ3n) is 3.80. The van der Waals surface area contributed by atoms with Gasteiger partial charge in [0.2, 0.25) is 11.8 Å². The van der Waals surface area contributed by atoms with Gasteiger partial charge in [0.05, 0.1) is 6.04 Å². The van der Waals surface area contributed by atoms with Crippen molar-refractivity contribution in [2.45, 2.75) is 45.2 Å². The van der Waals surface area contributed by atoms with Crippen LogP contribution in [0, 0.1) is 0 Å². The summed E-state index contributed by atoms with van der Waals surface area (Å²) in [6.07, 6.45) is 1.42. The van der Waals surface area contributed by atoms with E-state index >= 15 is 0 Å². The second-order valence-corrected chi connectivity index (χ2v) is 6.09. The van der Waals surface area contributed by atoms with Crippen LogP contribution in [-0.4, -0.2) is 28.8 Å². The number of nitrogens with zero attached hydrogens (tertiary/aromatic N) is 1. The van der Waals surface area contributed by atoms with Crippen molar-refractivity contribution in [3.63, 3.8) is 0 Å². The predicted octanol–water partition coefficient (Wildman–Crippen LogP) is 2.33. The maximum absolute atomic E-state index is 12.6. The van der Waals surface area contributed by atoms with Gasteiger partial charge in [0.25, 0.3) is 0 Å². The van der Waals surface area contributed by atoms with Gasteiger partial charge >= 0.3 is 0 Å². The molecule has 0 aromatic carbocycles. The number of hydrogen-bond donors (Lipinski definition) is 1. The third-order valence-corrected chi connectivity index (χ3v) is 4.78. The highest BCUT2D eigenvalue weighted by atomic mass is 32.1. The van der Waals surface area contributed by atoms with Crippen molar-refractivity contribution in [1.82, 2.24) is 10.2 Å². The van der Waals surface area contributed by atoms with Crippen LogP contribution in [-0.2, 0) is 9.59 Å². The molecule has 1 aliphatic rings. The van der Waals surface area contributed by atoms with Gasteiger partial charge in [-0.2, -0.15) is 0 Å². The minimum absolute atomic E-state index is 0.00410. The summed E-state index contributed by atoms with van der Waals surface area (Å²) in [5, 5.41) is 4.83. The van der Waals surface area contributed by atoms with Crippen molar-refractivity contribution in [1.29, 1.82) is 0 Å². The van der Waals surface area contributed by atoms with Crippen molar-refractivity contribution in [3.8, 4) is 0 Å². The molecule has 0 radical (unpaired) electrons. The number of carbonyl (C=O) groups excluding carboxylic acids is 2. The number of rotatable bonds is 4. The van der Waals surface area contributed by atoms with E-state index < -0.39 is 5.54 Å². The van der Waals surface area contributed by atoms with Crippen molar-refractivity contribution < 1.29 is 9.59 Å². The highest BCUT2D eigenvalue weighted by molar-refractivity contribution is 7.10. The number of carbonyl (C=O) groups is 2. The molecule has 2 unspecified atom stereocenters. The predicted molar refractivity (Wildman–Crippen MR) is 75.9 cm³/mol. The zero-order chi connectivity index (χ0) is 14.0. The summed E-state index contributed by atoms with van der Waals surface area (Å²) >= 11 is 1.63. The van der Waals surface area contributed by atoms with E-state index in [4.69, 9.17) is 0 Å². The average molecular weight is 280 g/mol. The van der Waals surface area contributed by atoms with Crippen molar-refractivity contribution in [2.75, 3.05) is 6.54 Å². The maximum Gasteiger partial charge on any atom is 0.249 e. The summed E-state index contributed by atoms with van der Waals surface area (Å²) < 4.78 is 0. The Morgan fingerprint density at radius 1 is 1.47 bits per heavy atom. The van der Waals surface area contributed by atoms with Crippen LogP contribution in [0.2, 0.25) is 0 Å². The molecule has 0 spiro atoms. The highest BCUT2D eigenvalue weighted by Crippen LogP contribution is 2.31. The molecule has 2 atom stereocenters. The van der Waals surface area contributed by atoms with Crippen molar-refractivity contribution >= 4 is 23.2 Å². The fourth-order valence-corrected chi connectivity index (χ4v) is 3.41. The molecule has 104 valence electrons. The first-order valence-corrected chi connectivity index (χ1v) is 7.55. The van der Waals surface area contributed by atoms with Crippen molar-refractivity contribution in [2.24, 2.45) is 0 Å². The second-order valence-electron chi connectivity index (χ2n) is 5.11. The van der Waals surface area contributed by atoms with E-state index in [9.17, 15) is 9.59 Å². The summed E-state index contributed by atoms with van der Waals surface area (Å²) in [4.78, 5) is 27.4. The Kier molecular flexibility index (Phi) is 3.94. The van der Waals surface area contributed by atoms with E-state index in [1.54, 1.807) is 23.2 Å². The Labute approximate surface area is 117 Å². The zero-order valence-electron chi connectivity index (χ0n) is 11.6. The van der Waals surface area contributed by atoms with Gasteiger partial charge in [0.1, 0.15) is 12.1 Å². The zero-order valence-corrected chi connectivity index (χ0v) is 12.4. The van der Waals surface area contributed by atoms with Crippen LogP contribution in [0.5, 0.6) is 0 Å².